The Morgan fingerprint density at radius 1 is 1.21 bits per heavy atom. The summed E-state index contributed by atoms with van der Waals surface area (Å²) in [6.07, 6.45) is 1.63. The topological polar surface area (TPSA) is 71.8 Å². The van der Waals surface area contributed by atoms with Gasteiger partial charge in [-0.15, -0.1) is 10.2 Å². The van der Waals surface area contributed by atoms with Crippen LogP contribution in [0.5, 0.6) is 0 Å². The van der Waals surface area contributed by atoms with Crippen LogP contribution in [0.1, 0.15) is 11.4 Å². The predicted octanol–water partition coefficient (Wildman–Crippen LogP) is 3.66. The summed E-state index contributed by atoms with van der Waals surface area (Å²) in [5, 5.41) is 13.6. The number of hydrogen-bond acceptors (Lipinski definition) is 3. The molecule has 0 bridgehead atoms. The minimum Gasteiger partial charge on any atom is -0.331 e. The molecular formula is C17H16BrN5O. The second-order valence-corrected chi connectivity index (χ2v) is 6.08. The van der Waals surface area contributed by atoms with Crippen LogP contribution in [0, 0.1) is 6.92 Å². The number of benzene rings is 2. The fourth-order valence-electron chi connectivity index (χ4n) is 2.24. The highest BCUT2D eigenvalue weighted by Crippen LogP contribution is 2.19. The van der Waals surface area contributed by atoms with Crippen LogP contribution in [-0.2, 0) is 6.54 Å². The molecule has 0 unspecified atom stereocenters. The van der Waals surface area contributed by atoms with Gasteiger partial charge in [0.15, 0.2) is 5.82 Å². The highest BCUT2D eigenvalue weighted by Gasteiger charge is 2.08. The quantitative estimate of drug-likeness (QED) is 0.719. The minimum absolute atomic E-state index is 0.274. The van der Waals surface area contributed by atoms with E-state index in [-0.39, 0.29) is 12.6 Å². The summed E-state index contributed by atoms with van der Waals surface area (Å²) in [7, 11) is 0. The molecule has 122 valence electrons. The number of para-hydroxylation sites is 1. The second kappa shape index (κ2) is 7.27. The van der Waals surface area contributed by atoms with Gasteiger partial charge in [0, 0.05) is 15.8 Å². The third kappa shape index (κ3) is 3.80. The van der Waals surface area contributed by atoms with E-state index in [9.17, 15) is 4.79 Å². The molecule has 0 aliphatic rings. The van der Waals surface area contributed by atoms with E-state index >= 15 is 0 Å². The molecule has 2 aromatic carbocycles. The Kier molecular flexibility index (Phi) is 4.90. The van der Waals surface area contributed by atoms with Crippen LogP contribution in [0.25, 0.3) is 5.69 Å². The SMILES string of the molecule is Cc1cc(NC(=O)NCc2nncn2-c2ccccc2)ccc1Br. The van der Waals surface area contributed by atoms with Gasteiger partial charge >= 0.3 is 6.03 Å². The third-order valence-corrected chi connectivity index (χ3v) is 4.37. The average molecular weight is 386 g/mol. The molecule has 6 nitrogen and oxygen atoms in total. The van der Waals surface area contributed by atoms with Gasteiger partial charge in [-0.3, -0.25) is 4.57 Å². The summed E-state index contributed by atoms with van der Waals surface area (Å²) in [4.78, 5) is 12.1. The molecule has 0 aliphatic carbocycles. The number of anilines is 1. The molecule has 0 radical (unpaired) electrons. The summed E-state index contributed by atoms with van der Waals surface area (Å²) in [6.45, 7) is 2.24. The molecule has 1 heterocycles. The summed E-state index contributed by atoms with van der Waals surface area (Å²) >= 11 is 3.44. The van der Waals surface area contributed by atoms with Crippen LogP contribution in [0.2, 0.25) is 0 Å². The fraction of sp³-hybridized carbons (Fsp3) is 0.118. The van der Waals surface area contributed by atoms with Crippen LogP contribution < -0.4 is 10.6 Å². The van der Waals surface area contributed by atoms with Crippen molar-refractivity contribution in [1.29, 1.82) is 0 Å². The van der Waals surface area contributed by atoms with E-state index in [1.807, 2.05) is 60.0 Å². The van der Waals surface area contributed by atoms with E-state index in [1.165, 1.54) is 0 Å². The van der Waals surface area contributed by atoms with Gasteiger partial charge in [-0.25, -0.2) is 4.79 Å². The Bertz CT molecular complexity index is 847. The molecule has 24 heavy (non-hydrogen) atoms. The largest absolute Gasteiger partial charge is 0.331 e. The van der Waals surface area contributed by atoms with Crippen molar-refractivity contribution in [3.05, 3.63) is 70.7 Å². The normalized spacial score (nSPS) is 10.4. The zero-order valence-electron chi connectivity index (χ0n) is 13.0. The lowest BCUT2D eigenvalue weighted by molar-refractivity contribution is 0.251. The summed E-state index contributed by atoms with van der Waals surface area (Å²) in [6, 6.07) is 15.1. The number of hydrogen-bond donors (Lipinski definition) is 2. The van der Waals surface area contributed by atoms with Gasteiger partial charge in [-0.05, 0) is 42.8 Å². The van der Waals surface area contributed by atoms with Gasteiger partial charge in [0.1, 0.15) is 6.33 Å². The Morgan fingerprint density at radius 3 is 2.75 bits per heavy atom. The number of rotatable bonds is 4. The maximum Gasteiger partial charge on any atom is 0.319 e. The zero-order chi connectivity index (χ0) is 16.9. The maximum absolute atomic E-state index is 12.1. The van der Waals surface area contributed by atoms with Gasteiger partial charge in [-0.1, -0.05) is 34.1 Å². The van der Waals surface area contributed by atoms with E-state index in [1.54, 1.807) is 6.33 Å². The van der Waals surface area contributed by atoms with Crippen molar-refractivity contribution in [3.8, 4) is 5.69 Å². The number of carbonyl (C=O) groups excluding carboxylic acids is 1. The average Bonchev–Trinajstić information content (AvgIpc) is 3.06. The summed E-state index contributed by atoms with van der Waals surface area (Å²) < 4.78 is 2.84. The van der Waals surface area contributed by atoms with Gasteiger partial charge in [-0.2, -0.15) is 0 Å². The molecule has 0 aliphatic heterocycles. The van der Waals surface area contributed by atoms with E-state index in [4.69, 9.17) is 0 Å². The first kappa shape index (κ1) is 16.2. The zero-order valence-corrected chi connectivity index (χ0v) is 14.6. The summed E-state index contributed by atoms with van der Waals surface area (Å²) in [5.41, 5.74) is 2.73. The summed E-state index contributed by atoms with van der Waals surface area (Å²) in [5.74, 6) is 0.656. The van der Waals surface area contributed by atoms with Crippen molar-refractivity contribution < 1.29 is 4.79 Å². The Hall–Kier alpha value is -2.67. The third-order valence-electron chi connectivity index (χ3n) is 3.48. The van der Waals surface area contributed by atoms with E-state index in [2.05, 4.69) is 36.8 Å². The standard InChI is InChI=1S/C17H16BrN5O/c1-12-9-13(7-8-15(12)18)21-17(24)19-10-16-22-20-11-23(16)14-5-3-2-4-6-14/h2-9,11H,10H2,1H3,(H2,19,21,24). The maximum atomic E-state index is 12.1. The van der Waals surface area contributed by atoms with Crippen LogP contribution >= 0.6 is 15.9 Å². The molecule has 1 aromatic heterocycles. The molecular weight excluding hydrogens is 370 g/mol. The van der Waals surface area contributed by atoms with Gasteiger partial charge in [0.2, 0.25) is 0 Å². The van der Waals surface area contributed by atoms with Crippen LogP contribution in [-0.4, -0.2) is 20.8 Å². The molecule has 0 saturated heterocycles. The van der Waals surface area contributed by atoms with E-state index < -0.39 is 0 Å². The first-order chi connectivity index (χ1) is 11.6. The second-order valence-electron chi connectivity index (χ2n) is 5.22. The number of halogens is 1. The van der Waals surface area contributed by atoms with Crippen molar-refractivity contribution in [2.45, 2.75) is 13.5 Å². The first-order valence-electron chi connectivity index (χ1n) is 7.39. The molecule has 7 heteroatoms. The lowest BCUT2D eigenvalue weighted by Gasteiger charge is -2.10. The number of amides is 2. The number of carbonyl (C=O) groups is 1. The van der Waals surface area contributed by atoms with Crippen molar-refractivity contribution in [1.82, 2.24) is 20.1 Å². The lowest BCUT2D eigenvalue weighted by Crippen LogP contribution is -2.29. The van der Waals surface area contributed by atoms with Crippen LogP contribution in [0.3, 0.4) is 0 Å². The molecule has 0 saturated carbocycles. The number of aryl methyl sites for hydroxylation is 1. The number of nitrogens with zero attached hydrogens (tertiary/aromatic N) is 3. The molecule has 3 rings (SSSR count). The van der Waals surface area contributed by atoms with E-state index in [0.717, 1.165) is 21.4 Å². The van der Waals surface area contributed by atoms with Gasteiger partial charge < -0.3 is 10.6 Å². The van der Waals surface area contributed by atoms with Crippen LogP contribution in [0.15, 0.2) is 59.3 Å². The predicted molar refractivity (Wildman–Crippen MR) is 96.1 cm³/mol. The lowest BCUT2D eigenvalue weighted by atomic mass is 10.2. The van der Waals surface area contributed by atoms with Crippen molar-refractivity contribution in [3.63, 3.8) is 0 Å². The Labute approximate surface area is 148 Å². The van der Waals surface area contributed by atoms with Gasteiger partial charge in [0.05, 0.1) is 6.54 Å². The molecule has 2 N–H and O–H groups in total. The fourth-order valence-corrected chi connectivity index (χ4v) is 2.49. The van der Waals surface area contributed by atoms with Crippen molar-refractivity contribution >= 4 is 27.6 Å². The molecule has 0 fully saturated rings. The highest BCUT2D eigenvalue weighted by molar-refractivity contribution is 9.10. The smallest absolute Gasteiger partial charge is 0.319 e. The molecule has 0 spiro atoms. The van der Waals surface area contributed by atoms with Crippen molar-refractivity contribution in [2.24, 2.45) is 0 Å². The van der Waals surface area contributed by atoms with Gasteiger partial charge in [0.25, 0.3) is 0 Å². The molecule has 3 aromatic rings. The Morgan fingerprint density at radius 2 is 2.00 bits per heavy atom. The van der Waals surface area contributed by atoms with Crippen molar-refractivity contribution in [2.75, 3.05) is 5.32 Å². The monoisotopic (exact) mass is 385 g/mol. The molecule has 2 amide bonds. The first-order valence-corrected chi connectivity index (χ1v) is 8.18. The number of nitrogens with one attached hydrogen (secondary N) is 2. The minimum atomic E-state index is -0.292. The number of urea groups is 1. The van der Waals surface area contributed by atoms with E-state index in [0.29, 0.717) is 5.82 Å². The number of aromatic nitrogens is 3. The molecule has 0 atom stereocenters. The Balaban J connectivity index is 1.63. The highest BCUT2D eigenvalue weighted by atomic mass is 79.9. The van der Waals surface area contributed by atoms with Crippen LogP contribution in [0.4, 0.5) is 10.5 Å².